The largest absolute Gasteiger partial charge is 0.455 e. The van der Waals surface area contributed by atoms with Gasteiger partial charge in [0, 0.05) is 52.8 Å². The van der Waals surface area contributed by atoms with Crippen molar-refractivity contribution >= 4 is 29.4 Å². The highest BCUT2D eigenvalue weighted by atomic mass is 32.2. The quantitative estimate of drug-likeness (QED) is 0.498. The van der Waals surface area contributed by atoms with E-state index < -0.39 is 0 Å². The van der Waals surface area contributed by atoms with Gasteiger partial charge < -0.3 is 24.3 Å². The topological polar surface area (TPSA) is 101 Å². The van der Waals surface area contributed by atoms with E-state index in [1.54, 1.807) is 26.2 Å². The summed E-state index contributed by atoms with van der Waals surface area (Å²) < 4.78 is 10.9. The summed E-state index contributed by atoms with van der Waals surface area (Å²) >= 11 is 1.44. The van der Waals surface area contributed by atoms with Crippen LogP contribution in [-0.4, -0.2) is 66.5 Å². The number of methoxy groups -OCH3 is 1. The maximum Gasteiger partial charge on any atom is 0.286 e. The number of carbonyl (C=O) groups excluding carboxylic acids is 2. The van der Waals surface area contributed by atoms with E-state index >= 15 is 0 Å². The molecule has 0 unspecified atom stereocenters. The Hall–Kier alpha value is -2.59. The number of furan rings is 1. The second-order valence-electron chi connectivity index (χ2n) is 6.84. The highest BCUT2D eigenvalue weighted by molar-refractivity contribution is 7.98. The normalized spacial score (nSPS) is 14.1. The molecule has 2 amide bonds. The van der Waals surface area contributed by atoms with E-state index in [9.17, 15) is 9.59 Å². The minimum atomic E-state index is -0.223. The molecule has 0 atom stereocenters. The van der Waals surface area contributed by atoms with Crippen LogP contribution in [0.15, 0.2) is 27.8 Å². The van der Waals surface area contributed by atoms with Crippen molar-refractivity contribution in [2.45, 2.75) is 31.4 Å². The third kappa shape index (κ3) is 5.73. The molecule has 1 saturated heterocycles. The van der Waals surface area contributed by atoms with Gasteiger partial charge in [-0.15, -0.1) is 0 Å². The molecule has 0 radical (unpaired) electrons. The first kappa shape index (κ1) is 22.1. The van der Waals surface area contributed by atoms with E-state index in [1.807, 2.05) is 17.9 Å². The summed E-state index contributed by atoms with van der Waals surface area (Å²) in [5.41, 5.74) is 0.793. The monoisotopic (exact) mass is 433 g/mol. The molecule has 1 N–H and O–H groups in total. The third-order valence-corrected chi connectivity index (χ3v) is 5.52. The number of ether oxygens (including phenoxy) is 1. The molecule has 0 aliphatic carbocycles. The third-order valence-electron chi connectivity index (χ3n) is 4.65. The van der Waals surface area contributed by atoms with Crippen molar-refractivity contribution in [2.24, 2.45) is 0 Å². The number of piperazine rings is 1. The van der Waals surface area contributed by atoms with Gasteiger partial charge in [0.05, 0.1) is 18.1 Å². The number of thioether (sulfide) groups is 1. The van der Waals surface area contributed by atoms with Crippen LogP contribution in [0.25, 0.3) is 0 Å². The number of hydrogen-bond donors (Lipinski definition) is 1. The number of anilines is 1. The van der Waals surface area contributed by atoms with Crippen molar-refractivity contribution in [2.75, 3.05) is 44.7 Å². The van der Waals surface area contributed by atoms with Gasteiger partial charge in [-0.1, -0.05) is 11.8 Å². The molecule has 0 spiro atoms. The minimum absolute atomic E-state index is 0.0964. The molecule has 1 fully saturated rings. The number of nitrogens with zero attached hydrogens (tertiary/aromatic N) is 4. The molecule has 0 saturated carbocycles. The number of carbonyl (C=O) groups is 2. The van der Waals surface area contributed by atoms with Gasteiger partial charge in [0.1, 0.15) is 11.6 Å². The van der Waals surface area contributed by atoms with Crippen molar-refractivity contribution in [3.63, 3.8) is 0 Å². The SMILES string of the molecule is CCNC(=O)c1ccc(CSc2nc(COC)cc(N3CCN(C(C)=O)CC3)n2)o1. The van der Waals surface area contributed by atoms with Crippen LogP contribution < -0.4 is 10.2 Å². The predicted molar refractivity (Wildman–Crippen MR) is 113 cm³/mol. The average molecular weight is 434 g/mol. The Morgan fingerprint density at radius 2 is 2.00 bits per heavy atom. The first-order valence-corrected chi connectivity index (χ1v) is 10.9. The fraction of sp³-hybridized carbons (Fsp3) is 0.500. The molecule has 30 heavy (non-hydrogen) atoms. The van der Waals surface area contributed by atoms with Gasteiger partial charge in [-0.3, -0.25) is 9.59 Å². The van der Waals surface area contributed by atoms with E-state index in [0.717, 1.165) is 24.6 Å². The Morgan fingerprint density at radius 3 is 2.67 bits per heavy atom. The van der Waals surface area contributed by atoms with E-state index in [2.05, 4.69) is 15.2 Å². The summed E-state index contributed by atoms with van der Waals surface area (Å²) in [4.78, 5) is 36.7. The van der Waals surface area contributed by atoms with Gasteiger partial charge >= 0.3 is 0 Å². The van der Waals surface area contributed by atoms with Crippen LogP contribution in [0.4, 0.5) is 5.82 Å². The number of hydrogen-bond acceptors (Lipinski definition) is 8. The lowest BCUT2D eigenvalue weighted by Crippen LogP contribution is -2.48. The van der Waals surface area contributed by atoms with Crippen LogP contribution in [0, 0.1) is 0 Å². The Morgan fingerprint density at radius 1 is 1.23 bits per heavy atom. The van der Waals surface area contributed by atoms with Crippen molar-refractivity contribution in [3.8, 4) is 0 Å². The summed E-state index contributed by atoms with van der Waals surface area (Å²) in [6.45, 7) is 7.19. The molecule has 162 valence electrons. The summed E-state index contributed by atoms with van der Waals surface area (Å²) in [6.07, 6.45) is 0. The number of amides is 2. The molecule has 10 heteroatoms. The zero-order valence-corrected chi connectivity index (χ0v) is 18.3. The molecule has 3 heterocycles. The second kappa shape index (κ2) is 10.4. The van der Waals surface area contributed by atoms with Crippen LogP contribution in [0.3, 0.4) is 0 Å². The van der Waals surface area contributed by atoms with E-state index in [-0.39, 0.29) is 11.8 Å². The van der Waals surface area contributed by atoms with Crippen molar-refractivity contribution in [3.05, 3.63) is 35.4 Å². The molecule has 1 aliphatic heterocycles. The molecule has 2 aromatic rings. The second-order valence-corrected chi connectivity index (χ2v) is 7.78. The summed E-state index contributed by atoms with van der Waals surface area (Å²) in [5.74, 6) is 2.18. The zero-order valence-electron chi connectivity index (χ0n) is 17.5. The molecule has 0 aromatic carbocycles. The lowest BCUT2D eigenvalue weighted by molar-refractivity contribution is -0.129. The van der Waals surface area contributed by atoms with Crippen molar-refractivity contribution in [1.82, 2.24) is 20.2 Å². The first-order chi connectivity index (χ1) is 14.5. The molecule has 1 aliphatic rings. The standard InChI is InChI=1S/C20H27N5O4S/c1-4-21-19(27)17-6-5-16(29-17)13-30-20-22-15(12-28-3)11-18(23-20)25-9-7-24(8-10-25)14(2)26/h5-6,11H,4,7-10,12-13H2,1-3H3,(H,21,27). The predicted octanol–water partition coefficient (Wildman–Crippen LogP) is 1.93. The van der Waals surface area contributed by atoms with E-state index in [1.165, 1.54) is 11.8 Å². The fourth-order valence-electron chi connectivity index (χ4n) is 3.12. The van der Waals surface area contributed by atoms with E-state index in [0.29, 0.717) is 48.7 Å². The average Bonchev–Trinajstić information content (AvgIpc) is 3.22. The Kier molecular flexibility index (Phi) is 7.69. The van der Waals surface area contributed by atoms with Gasteiger partial charge in [-0.05, 0) is 19.1 Å². The van der Waals surface area contributed by atoms with Gasteiger partial charge in [0.15, 0.2) is 10.9 Å². The lowest BCUT2D eigenvalue weighted by Gasteiger charge is -2.35. The molecule has 3 rings (SSSR count). The molecular weight excluding hydrogens is 406 g/mol. The summed E-state index contributed by atoms with van der Waals surface area (Å²) in [5, 5.41) is 3.33. The molecule has 0 bridgehead atoms. The maximum absolute atomic E-state index is 11.9. The molecule has 2 aromatic heterocycles. The Bertz CT molecular complexity index is 880. The van der Waals surface area contributed by atoms with Gasteiger partial charge in [-0.25, -0.2) is 9.97 Å². The van der Waals surface area contributed by atoms with Crippen LogP contribution in [-0.2, 0) is 21.9 Å². The van der Waals surface area contributed by atoms with Crippen molar-refractivity contribution < 1.29 is 18.7 Å². The molecular formula is C20H27N5O4S. The number of rotatable bonds is 8. The first-order valence-electron chi connectivity index (χ1n) is 9.87. The minimum Gasteiger partial charge on any atom is -0.455 e. The maximum atomic E-state index is 11.9. The van der Waals surface area contributed by atoms with E-state index in [4.69, 9.17) is 14.1 Å². The Labute approximate surface area is 180 Å². The summed E-state index contributed by atoms with van der Waals surface area (Å²) in [7, 11) is 1.63. The van der Waals surface area contributed by atoms with Crippen LogP contribution >= 0.6 is 11.8 Å². The molecule has 9 nitrogen and oxygen atoms in total. The smallest absolute Gasteiger partial charge is 0.286 e. The summed E-state index contributed by atoms with van der Waals surface area (Å²) in [6, 6.07) is 5.39. The van der Waals surface area contributed by atoms with Gasteiger partial charge in [0.2, 0.25) is 5.91 Å². The zero-order chi connectivity index (χ0) is 21.5. The van der Waals surface area contributed by atoms with Crippen LogP contribution in [0.1, 0.15) is 35.9 Å². The van der Waals surface area contributed by atoms with Crippen molar-refractivity contribution in [1.29, 1.82) is 0 Å². The highest BCUT2D eigenvalue weighted by Crippen LogP contribution is 2.25. The van der Waals surface area contributed by atoms with Gasteiger partial charge in [0.25, 0.3) is 5.91 Å². The number of nitrogens with one attached hydrogen (secondary N) is 1. The van der Waals surface area contributed by atoms with Crippen LogP contribution in [0.2, 0.25) is 0 Å². The highest BCUT2D eigenvalue weighted by Gasteiger charge is 2.21. The number of aromatic nitrogens is 2. The van der Waals surface area contributed by atoms with Gasteiger partial charge in [-0.2, -0.15) is 0 Å². The lowest BCUT2D eigenvalue weighted by atomic mass is 10.3. The Balaban J connectivity index is 1.69. The van der Waals surface area contributed by atoms with Crippen LogP contribution in [0.5, 0.6) is 0 Å². The fourth-order valence-corrected chi connectivity index (χ4v) is 3.89.